The van der Waals surface area contributed by atoms with E-state index in [4.69, 9.17) is 4.74 Å². The van der Waals surface area contributed by atoms with Gasteiger partial charge in [0.25, 0.3) is 0 Å². The summed E-state index contributed by atoms with van der Waals surface area (Å²) in [6.45, 7) is 8.58. The maximum atomic E-state index is 11.0. The summed E-state index contributed by atoms with van der Waals surface area (Å²) >= 11 is 0. The molecular formula is C10H21NO2. The van der Waals surface area contributed by atoms with Crippen LogP contribution in [0.5, 0.6) is 0 Å². The van der Waals surface area contributed by atoms with Crippen molar-refractivity contribution in [2.24, 2.45) is 5.92 Å². The minimum atomic E-state index is -0.307. The van der Waals surface area contributed by atoms with Crippen LogP contribution in [0.15, 0.2) is 0 Å². The van der Waals surface area contributed by atoms with Gasteiger partial charge in [0.2, 0.25) is 0 Å². The fourth-order valence-electron chi connectivity index (χ4n) is 1.20. The van der Waals surface area contributed by atoms with Crippen molar-refractivity contribution in [3.05, 3.63) is 0 Å². The van der Waals surface area contributed by atoms with Gasteiger partial charge in [-0.1, -0.05) is 20.3 Å². The smallest absolute Gasteiger partial charge is 0.407 e. The second-order valence-corrected chi connectivity index (χ2v) is 3.51. The van der Waals surface area contributed by atoms with Crippen LogP contribution < -0.4 is 5.32 Å². The quantitative estimate of drug-likeness (QED) is 0.718. The highest BCUT2D eigenvalue weighted by Crippen LogP contribution is 2.09. The Kier molecular flexibility index (Phi) is 6.37. The van der Waals surface area contributed by atoms with Crippen LogP contribution in [-0.2, 0) is 4.74 Å². The van der Waals surface area contributed by atoms with Crippen LogP contribution in [0, 0.1) is 5.92 Å². The van der Waals surface area contributed by atoms with E-state index >= 15 is 0 Å². The highest BCUT2D eigenvalue weighted by Gasteiger charge is 2.10. The molecule has 0 fully saturated rings. The summed E-state index contributed by atoms with van der Waals surface area (Å²) in [4.78, 5) is 11.0. The number of rotatable bonds is 5. The van der Waals surface area contributed by atoms with Gasteiger partial charge in [-0.05, 0) is 26.2 Å². The Balaban J connectivity index is 3.60. The molecule has 0 aliphatic heterocycles. The Morgan fingerprint density at radius 2 is 2.00 bits per heavy atom. The summed E-state index contributed by atoms with van der Waals surface area (Å²) in [5.74, 6) is 0.650. The lowest BCUT2D eigenvalue weighted by Gasteiger charge is -2.16. The van der Waals surface area contributed by atoms with Crippen molar-refractivity contribution in [1.82, 2.24) is 5.32 Å². The molecule has 1 amide bonds. The van der Waals surface area contributed by atoms with Gasteiger partial charge in [-0.2, -0.15) is 0 Å². The number of hydrogen-bond donors (Lipinski definition) is 1. The number of carbonyl (C=O) groups excluding carboxylic acids is 1. The Morgan fingerprint density at radius 1 is 1.38 bits per heavy atom. The van der Waals surface area contributed by atoms with Crippen molar-refractivity contribution in [2.45, 2.75) is 46.6 Å². The van der Waals surface area contributed by atoms with Crippen molar-refractivity contribution in [3.63, 3.8) is 0 Å². The monoisotopic (exact) mass is 187 g/mol. The summed E-state index contributed by atoms with van der Waals surface area (Å²) < 4.78 is 4.78. The van der Waals surface area contributed by atoms with E-state index in [2.05, 4.69) is 19.2 Å². The molecule has 2 atom stereocenters. The van der Waals surface area contributed by atoms with Crippen molar-refractivity contribution in [1.29, 1.82) is 0 Å². The number of ether oxygens (including phenoxy) is 1. The Labute approximate surface area is 80.8 Å². The molecule has 0 radical (unpaired) electrons. The Bertz CT molecular complexity index is 148. The van der Waals surface area contributed by atoms with Gasteiger partial charge in [-0.15, -0.1) is 0 Å². The number of alkyl carbamates (subject to hydrolysis) is 1. The maximum absolute atomic E-state index is 11.0. The zero-order chi connectivity index (χ0) is 10.3. The van der Waals surface area contributed by atoms with E-state index in [0.29, 0.717) is 12.5 Å². The Morgan fingerprint density at radius 3 is 2.46 bits per heavy atom. The van der Waals surface area contributed by atoms with E-state index in [0.717, 1.165) is 12.8 Å². The van der Waals surface area contributed by atoms with Crippen molar-refractivity contribution in [3.8, 4) is 0 Å². The van der Waals surface area contributed by atoms with Crippen LogP contribution in [0.1, 0.15) is 40.5 Å². The first-order valence-electron chi connectivity index (χ1n) is 5.03. The van der Waals surface area contributed by atoms with Crippen LogP contribution in [0.3, 0.4) is 0 Å². The number of amides is 1. The third kappa shape index (κ3) is 6.43. The largest absolute Gasteiger partial charge is 0.450 e. The van der Waals surface area contributed by atoms with E-state index in [1.54, 1.807) is 6.92 Å². The van der Waals surface area contributed by atoms with E-state index in [1.165, 1.54) is 0 Å². The molecule has 0 bridgehead atoms. The molecule has 2 unspecified atom stereocenters. The van der Waals surface area contributed by atoms with Gasteiger partial charge in [0.05, 0.1) is 6.61 Å². The molecule has 0 rings (SSSR count). The lowest BCUT2D eigenvalue weighted by Crippen LogP contribution is -2.34. The first kappa shape index (κ1) is 12.3. The van der Waals surface area contributed by atoms with E-state index in [9.17, 15) is 4.79 Å². The first-order chi connectivity index (χ1) is 6.10. The predicted molar refractivity (Wildman–Crippen MR) is 53.7 cm³/mol. The van der Waals surface area contributed by atoms with Gasteiger partial charge < -0.3 is 10.1 Å². The summed E-state index contributed by atoms with van der Waals surface area (Å²) in [7, 11) is 0. The van der Waals surface area contributed by atoms with Gasteiger partial charge in [-0.3, -0.25) is 0 Å². The normalized spacial score (nSPS) is 14.8. The van der Waals surface area contributed by atoms with Gasteiger partial charge in [0, 0.05) is 6.04 Å². The third-order valence-corrected chi connectivity index (χ3v) is 2.09. The molecule has 0 saturated heterocycles. The fourth-order valence-corrected chi connectivity index (χ4v) is 1.20. The molecule has 3 heteroatoms. The summed E-state index contributed by atoms with van der Waals surface area (Å²) in [5.41, 5.74) is 0. The SMILES string of the molecule is CCOC(=O)NC(C)CC(C)CC. The summed E-state index contributed by atoms with van der Waals surface area (Å²) in [5, 5.41) is 2.78. The maximum Gasteiger partial charge on any atom is 0.407 e. The van der Waals surface area contributed by atoms with E-state index in [-0.39, 0.29) is 12.1 Å². The molecule has 78 valence electrons. The number of hydrogen-bond acceptors (Lipinski definition) is 2. The second-order valence-electron chi connectivity index (χ2n) is 3.51. The zero-order valence-electron chi connectivity index (χ0n) is 9.09. The topological polar surface area (TPSA) is 38.3 Å². The zero-order valence-corrected chi connectivity index (χ0v) is 9.09. The molecule has 0 heterocycles. The van der Waals surface area contributed by atoms with Crippen LogP contribution >= 0.6 is 0 Å². The summed E-state index contributed by atoms with van der Waals surface area (Å²) in [6.07, 6.45) is 1.85. The minimum absolute atomic E-state index is 0.203. The molecule has 1 N–H and O–H groups in total. The number of nitrogens with one attached hydrogen (secondary N) is 1. The lowest BCUT2D eigenvalue weighted by atomic mass is 10.0. The van der Waals surface area contributed by atoms with Gasteiger partial charge in [0.15, 0.2) is 0 Å². The molecule has 0 aromatic carbocycles. The molecule has 0 saturated carbocycles. The summed E-state index contributed by atoms with van der Waals surface area (Å²) in [6, 6.07) is 0.203. The van der Waals surface area contributed by atoms with Crippen LogP contribution in [0.2, 0.25) is 0 Å². The standard InChI is InChI=1S/C10H21NO2/c1-5-8(3)7-9(4)11-10(12)13-6-2/h8-9H,5-7H2,1-4H3,(H,11,12). The highest BCUT2D eigenvalue weighted by molar-refractivity contribution is 5.67. The molecule has 0 spiro atoms. The molecule has 0 aliphatic rings. The third-order valence-electron chi connectivity index (χ3n) is 2.09. The van der Waals surface area contributed by atoms with Crippen LogP contribution in [0.4, 0.5) is 4.79 Å². The Hall–Kier alpha value is -0.730. The predicted octanol–water partition coefficient (Wildman–Crippen LogP) is 2.56. The van der Waals surface area contributed by atoms with Crippen molar-refractivity contribution < 1.29 is 9.53 Å². The molecule has 13 heavy (non-hydrogen) atoms. The molecule has 0 aromatic rings. The molecule has 3 nitrogen and oxygen atoms in total. The van der Waals surface area contributed by atoms with Gasteiger partial charge >= 0.3 is 6.09 Å². The molecule has 0 aliphatic carbocycles. The number of carbonyl (C=O) groups is 1. The first-order valence-corrected chi connectivity index (χ1v) is 5.03. The van der Waals surface area contributed by atoms with E-state index < -0.39 is 0 Å². The highest BCUT2D eigenvalue weighted by atomic mass is 16.5. The van der Waals surface area contributed by atoms with Gasteiger partial charge in [-0.25, -0.2) is 4.79 Å². The van der Waals surface area contributed by atoms with Crippen LogP contribution in [-0.4, -0.2) is 18.7 Å². The van der Waals surface area contributed by atoms with Crippen molar-refractivity contribution >= 4 is 6.09 Å². The fraction of sp³-hybridized carbons (Fsp3) is 0.900. The average Bonchev–Trinajstić information content (AvgIpc) is 2.04. The molecule has 0 aromatic heterocycles. The minimum Gasteiger partial charge on any atom is -0.450 e. The van der Waals surface area contributed by atoms with Crippen molar-refractivity contribution in [2.75, 3.05) is 6.61 Å². The average molecular weight is 187 g/mol. The lowest BCUT2D eigenvalue weighted by molar-refractivity contribution is 0.147. The van der Waals surface area contributed by atoms with Crippen LogP contribution in [0.25, 0.3) is 0 Å². The van der Waals surface area contributed by atoms with Gasteiger partial charge in [0.1, 0.15) is 0 Å². The van der Waals surface area contributed by atoms with E-state index in [1.807, 2.05) is 6.92 Å². The molecular weight excluding hydrogens is 166 g/mol. The second kappa shape index (κ2) is 6.75.